The minimum Gasteiger partial charge on any atom is -0.381 e. The summed E-state index contributed by atoms with van der Waals surface area (Å²) in [7, 11) is 0. The lowest BCUT2D eigenvalue weighted by atomic mass is 9.97. The standard InChI is InChI=1S/C18H26N2/c1-5-13(3)12-16(6-2)20-17-9-7-8-15-11-10-14(4)19-18(15)17/h7-11,13,16,20H,5-6,12H2,1-4H3. The molecule has 108 valence electrons. The average Bonchev–Trinajstić information content (AvgIpc) is 2.46. The van der Waals surface area contributed by atoms with Gasteiger partial charge in [-0.15, -0.1) is 0 Å². The molecule has 0 aliphatic heterocycles. The smallest absolute Gasteiger partial charge is 0.0936 e. The summed E-state index contributed by atoms with van der Waals surface area (Å²) in [6.07, 6.45) is 3.60. The molecule has 0 saturated carbocycles. The molecule has 2 nitrogen and oxygen atoms in total. The second kappa shape index (κ2) is 6.74. The summed E-state index contributed by atoms with van der Waals surface area (Å²) in [5, 5.41) is 4.91. The van der Waals surface area contributed by atoms with E-state index in [1.165, 1.54) is 23.9 Å². The third-order valence-corrected chi connectivity index (χ3v) is 4.10. The molecule has 0 aliphatic rings. The van der Waals surface area contributed by atoms with E-state index in [1.807, 2.05) is 6.92 Å². The zero-order chi connectivity index (χ0) is 14.5. The van der Waals surface area contributed by atoms with Crippen molar-refractivity contribution in [2.24, 2.45) is 5.92 Å². The summed E-state index contributed by atoms with van der Waals surface area (Å²) < 4.78 is 0. The summed E-state index contributed by atoms with van der Waals surface area (Å²) in [5.74, 6) is 0.761. The Hall–Kier alpha value is -1.57. The number of rotatable bonds is 6. The van der Waals surface area contributed by atoms with Gasteiger partial charge >= 0.3 is 0 Å². The van der Waals surface area contributed by atoms with E-state index in [0.717, 1.165) is 23.5 Å². The lowest BCUT2D eigenvalue weighted by Gasteiger charge is -2.22. The van der Waals surface area contributed by atoms with Crippen LogP contribution in [0.1, 0.15) is 45.7 Å². The van der Waals surface area contributed by atoms with Gasteiger partial charge in [-0.1, -0.05) is 45.4 Å². The van der Waals surface area contributed by atoms with Crippen molar-refractivity contribution < 1.29 is 0 Å². The van der Waals surface area contributed by atoms with Crippen molar-refractivity contribution in [2.45, 2.75) is 53.0 Å². The number of para-hydroxylation sites is 1. The van der Waals surface area contributed by atoms with E-state index in [9.17, 15) is 0 Å². The fourth-order valence-corrected chi connectivity index (χ4v) is 2.56. The number of pyridine rings is 1. The van der Waals surface area contributed by atoms with E-state index < -0.39 is 0 Å². The van der Waals surface area contributed by atoms with Crippen LogP contribution in [0.4, 0.5) is 5.69 Å². The number of nitrogens with one attached hydrogen (secondary N) is 1. The first-order chi connectivity index (χ1) is 9.63. The maximum atomic E-state index is 4.70. The van der Waals surface area contributed by atoms with Crippen LogP contribution in [0.2, 0.25) is 0 Å². The molecule has 0 fully saturated rings. The van der Waals surface area contributed by atoms with Gasteiger partial charge in [0.1, 0.15) is 0 Å². The van der Waals surface area contributed by atoms with E-state index in [1.54, 1.807) is 0 Å². The van der Waals surface area contributed by atoms with Gasteiger partial charge in [-0.25, -0.2) is 0 Å². The number of nitrogens with zero attached hydrogens (tertiary/aromatic N) is 1. The van der Waals surface area contributed by atoms with Crippen molar-refractivity contribution in [1.29, 1.82) is 0 Å². The number of aromatic nitrogens is 1. The maximum absolute atomic E-state index is 4.70. The number of anilines is 1. The molecule has 1 N–H and O–H groups in total. The monoisotopic (exact) mass is 270 g/mol. The van der Waals surface area contributed by atoms with Crippen LogP contribution in [0.5, 0.6) is 0 Å². The van der Waals surface area contributed by atoms with E-state index in [0.29, 0.717) is 6.04 Å². The van der Waals surface area contributed by atoms with Gasteiger partial charge in [0.2, 0.25) is 0 Å². The quantitative estimate of drug-likeness (QED) is 0.783. The molecule has 1 aromatic carbocycles. The molecule has 20 heavy (non-hydrogen) atoms. The molecule has 0 amide bonds. The van der Waals surface area contributed by atoms with Crippen LogP contribution in [0, 0.1) is 12.8 Å². The Morgan fingerprint density at radius 1 is 1.10 bits per heavy atom. The Morgan fingerprint density at radius 3 is 2.60 bits per heavy atom. The summed E-state index contributed by atoms with van der Waals surface area (Å²) in [6, 6.07) is 11.1. The van der Waals surface area contributed by atoms with Crippen molar-refractivity contribution in [3.8, 4) is 0 Å². The van der Waals surface area contributed by atoms with Gasteiger partial charge in [0.25, 0.3) is 0 Å². The van der Waals surface area contributed by atoms with Crippen LogP contribution in [-0.2, 0) is 0 Å². The topological polar surface area (TPSA) is 24.9 Å². The zero-order valence-electron chi connectivity index (χ0n) is 13.1. The highest BCUT2D eigenvalue weighted by Gasteiger charge is 2.12. The van der Waals surface area contributed by atoms with Gasteiger partial charge in [-0.05, 0) is 37.8 Å². The summed E-state index contributed by atoms with van der Waals surface area (Å²) in [5.41, 5.74) is 3.33. The molecule has 2 heteroatoms. The van der Waals surface area contributed by atoms with E-state index in [4.69, 9.17) is 4.98 Å². The molecule has 0 saturated heterocycles. The Labute approximate surface area is 122 Å². The highest BCUT2D eigenvalue weighted by molar-refractivity contribution is 5.90. The second-order valence-electron chi connectivity index (χ2n) is 5.83. The normalized spacial score (nSPS) is 14.2. The van der Waals surface area contributed by atoms with Crippen molar-refractivity contribution in [3.05, 3.63) is 36.0 Å². The molecule has 0 bridgehead atoms. The molecule has 2 atom stereocenters. The molecular weight excluding hydrogens is 244 g/mol. The molecule has 0 radical (unpaired) electrons. The summed E-state index contributed by atoms with van der Waals surface area (Å²) in [4.78, 5) is 4.70. The van der Waals surface area contributed by atoms with E-state index in [2.05, 4.69) is 56.4 Å². The SMILES string of the molecule is CCC(C)CC(CC)Nc1cccc2ccc(C)nc12. The zero-order valence-corrected chi connectivity index (χ0v) is 13.1. The molecule has 0 spiro atoms. The fraction of sp³-hybridized carbons (Fsp3) is 0.500. The minimum absolute atomic E-state index is 0.526. The first-order valence-corrected chi connectivity index (χ1v) is 7.77. The van der Waals surface area contributed by atoms with Crippen LogP contribution < -0.4 is 5.32 Å². The first kappa shape index (κ1) is 14.8. The van der Waals surface area contributed by atoms with Crippen molar-refractivity contribution >= 4 is 16.6 Å². The number of aryl methyl sites for hydroxylation is 1. The van der Waals surface area contributed by atoms with E-state index in [-0.39, 0.29) is 0 Å². The Kier molecular flexibility index (Phi) is 4.99. The number of fused-ring (bicyclic) bond motifs is 1. The average molecular weight is 270 g/mol. The minimum atomic E-state index is 0.526. The van der Waals surface area contributed by atoms with E-state index >= 15 is 0 Å². The van der Waals surface area contributed by atoms with Crippen LogP contribution in [0.3, 0.4) is 0 Å². The largest absolute Gasteiger partial charge is 0.381 e. The van der Waals surface area contributed by atoms with Crippen LogP contribution in [0.25, 0.3) is 10.9 Å². The Balaban J connectivity index is 2.25. The van der Waals surface area contributed by atoms with Crippen LogP contribution in [0.15, 0.2) is 30.3 Å². The van der Waals surface area contributed by atoms with Crippen molar-refractivity contribution in [1.82, 2.24) is 4.98 Å². The predicted octanol–water partition coefficient (Wildman–Crippen LogP) is 5.17. The predicted molar refractivity (Wildman–Crippen MR) is 88.3 cm³/mol. The van der Waals surface area contributed by atoms with Gasteiger partial charge in [-0.3, -0.25) is 4.98 Å². The van der Waals surface area contributed by atoms with Gasteiger partial charge < -0.3 is 5.32 Å². The first-order valence-electron chi connectivity index (χ1n) is 7.77. The number of hydrogen-bond donors (Lipinski definition) is 1. The summed E-state index contributed by atoms with van der Waals surface area (Å²) >= 11 is 0. The molecular formula is C18H26N2. The van der Waals surface area contributed by atoms with Gasteiger partial charge in [-0.2, -0.15) is 0 Å². The van der Waals surface area contributed by atoms with Gasteiger partial charge in [0, 0.05) is 17.1 Å². The fourth-order valence-electron chi connectivity index (χ4n) is 2.56. The van der Waals surface area contributed by atoms with Crippen LogP contribution in [-0.4, -0.2) is 11.0 Å². The lowest BCUT2D eigenvalue weighted by molar-refractivity contribution is 0.462. The van der Waals surface area contributed by atoms with Gasteiger partial charge in [0.15, 0.2) is 0 Å². The van der Waals surface area contributed by atoms with Crippen molar-refractivity contribution in [2.75, 3.05) is 5.32 Å². The Morgan fingerprint density at radius 2 is 1.90 bits per heavy atom. The molecule has 0 aliphatic carbocycles. The molecule has 2 aromatic rings. The van der Waals surface area contributed by atoms with Crippen LogP contribution >= 0.6 is 0 Å². The highest BCUT2D eigenvalue weighted by atomic mass is 14.9. The maximum Gasteiger partial charge on any atom is 0.0936 e. The van der Waals surface area contributed by atoms with Gasteiger partial charge in [0.05, 0.1) is 11.2 Å². The highest BCUT2D eigenvalue weighted by Crippen LogP contribution is 2.24. The summed E-state index contributed by atoms with van der Waals surface area (Å²) in [6.45, 7) is 8.90. The second-order valence-corrected chi connectivity index (χ2v) is 5.83. The third kappa shape index (κ3) is 3.50. The molecule has 2 unspecified atom stereocenters. The third-order valence-electron chi connectivity index (χ3n) is 4.10. The molecule has 1 aromatic heterocycles. The van der Waals surface area contributed by atoms with Crippen molar-refractivity contribution in [3.63, 3.8) is 0 Å². The lowest BCUT2D eigenvalue weighted by Crippen LogP contribution is -2.21. The number of hydrogen-bond acceptors (Lipinski definition) is 2. The molecule has 2 rings (SSSR count). The number of benzene rings is 1. The Bertz CT molecular complexity index is 562. The molecule has 1 heterocycles.